The first-order chi connectivity index (χ1) is 9.52. The lowest BCUT2D eigenvalue weighted by Crippen LogP contribution is -2.13. The summed E-state index contributed by atoms with van der Waals surface area (Å²) in [6.07, 6.45) is 1.95. The van der Waals surface area contributed by atoms with Crippen LogP contribution in [0.25, 0.3) is 0 Å². The summed E-state index contributed by atoms with van der Waals surface area (Å²) in [6, 6.07) is 8.52. The van der Waals surface area contributed by atoms with Crippen molar-refractivity contribution in [1.82, 2.24) is 9.78 Å². The molecule has 2 aromatic rings. The normalized spacial score (nSPS) is 12.7. The summed E-state index contributed by atoms with van der Waals surface area (Å²) in [5.41, 5.74) is 4.98. The van der Waals surface area contributed by atoms with Gasteiger partial charge >= 0.3 is 0 Å². The Balaban J connectivity index is 2.15. The van der Waals surface area contributed by atoms with E-state index in [0.29, 0.717) is 11.8 Å². The van der Waals surface area contributed by atoms with E-state index in [-0.39, 0.29) is 0 Å². The standard InChI is InChI=1S/C16H20BrClN2/c1-11-6-4-5-7-14(11)8-13(10-18)9-15-16(17)12(2)19-20(15)3/h4-7,13H,8-10H2,1-3H3. The highest BCUT2D eigenvalue weighted by Gasteiger charge is 2.17. The van der Waals surface area contributed by atoms with Gasteiger partial charge in [0.25, 0.3) is 0 Å². The van der Waals surface area contributed by atoms with Crippen molar-refractivity contribution in [2.24, 2.45) is 13.0 Å². The number of hydrogen-bond acceptors (Lipinski definition) is 1. The zero-order valence-electron chi connectivity index (χ0n) is 12.2. The Labute approximate surface area is 134 Å². The molecule has 1 aromatic heterocycles. The minimum atomic E-state index is 0.420. The summed E-state index contributed by atoms with van der Waals surface area (Å²) >= 11 is 9.82. The van der Waals surface area contributed by atoms with Crippen LogP contribution in [-0.4, -0.2) is 15.7 Å². The van der Waals surface area contributed by atoms with Gasteiger partial charge in [0, 0.05) is 12.9 Å². The number of hydrogen-bond donors (Lipinski definition) is 0. The number of aryl methyl sites for hydroxylation is 3. The number of nitrogens with zero attached hydrogens (tertiary/aromatic N) is 2. The minimum Gasteiger partial charge on any atom is -0.271 e. The molecule has 0 aliphatic rings. The summed E-state index contributed by atoms with van der Waals surface area (Å²) in [4.78, 5) is 0. The van der Waals surface area contributed by atoms with E-state index in [1.54, 1.807) is 0 Å². The molecular weight excluding hydrogens is 336 g/mol. The van der Waals surface area contributed by atoms with Crippen LogP contribution in [0.4, 0.5) is 0 Å². The molecule has 0 aliphatic heterocycles. The number of halogens is 2. The smallest absolute Gasteiger partial charge is 0.0738 e. The van der Waals surface area contributed by atoms with Gasteiger partial charge in [0.05, 0.1) is 15.9 Å². The Kier molecular flexibility index (Phi) is 5.28. The molecule has 0 spiro atoms. The molecule has 2 rings (SSSR count). The summed E-state index contributed by atoms with van der Waals surface area (Å²) in [5, 5.41) is 4.45. The highest BCUT2D eigenvalue weighted by Crippen LogP contribution is 2.25. The predicted octanol–water partition coefficient (Wildman–Crippen LogP) is 4.44. The summed E-state index contributed by atoms with van der Waals surface area (Å²) < 4.78 is 3.07. The lowest BCUT2D eigenvalue weighted by atomic mass is 9.94. The molecule has 0 N–H and O–H groups in total. The van der Waals surface area contributed by atoms with Gasteiger partial charge in [-0.05, 0) is 59.7 Å². The molecule has 20 heavy (non-hydrogen) atoms. The van der Waals surface area contributed by atoms with Crippen molar-refractivity contribution >= 4 is 27.5 Å². The van der Waals surface area contributed by atoms with Crippen LogP contribution < -0.4 is 0 Å². The Morgan fingerprint density at radius 2 is 1.95 bits per heavy atom. The third-order valence-electron chi connectivity index (χ3n) is 3.73. The van der Waals surface area contributed by atoms with Gasteiger partial charge in [-0.2, -0.15) is 5.10 Å². The van der Waals surface area contributed by atoms with Crippen molar-refractivity contribution in [3.05, 3.63) is 51.3 Å². The average molecular weight is 356 g/mol. The number of rotatable bonds is 5. The molecule has 0 saturated heterocycles. The van der Waals surface area contributed by atoms with Gasteiger partial charge in [-0.25, -0.2) is 0 Å². The van der Waals surface area contributed by atoms with Gasteiger partial charge in [-0.15, -0.1) is 11.6 Å². The van der Waals surface area contributed by atoms with E-state index in [1.807, 2.05) is 18.7 Å². The van der Waals surface area contributed by atoms with Crippen molar-refractivity contribution in [2.75, 3.05) is 5.88 Å². The molecule has 0 fully saturated rings. The molecule has 2 nitrogen and oxygen atoms in total. The van der Waals surface area contributed by atoms with Crippen molar-refractivity contribution in [3.8, 4) is 0 Å². The Morgan fingerprint density at radius 3 is 2.50 bits per heavy atom. The second-order valence-corrected chi connectivity index (χ2v) is 6.43. The first-order valence-corrected chi connectivity index (χ1v) is 8.14. The van der Waals surface area contributed by atoms with Crippen molar-refractivity contribution in [1.29, 1.82) is 0 Å². The van der Waals surface area contributed by atoms with Crippen molar-refractivity contribution in [2.45, 2.75) is 26.7 Å². The van der Waals surface area contributed by atoms with Crippen LogP contribution in [0.1, 0.15) is 22.5 Å². The minimum absolute atomic E-state index is 0.420. The molecule has 0 amide bonds. The number of alkyl halides is 1. The molecular formula is C16H20BrClN2. The first kappa shape index (κ1) is 15.6. The summed E-state index contributed by atoms with van der Waals surface area (Å²) in [6.45, 7) is 4.18. The van der Waals surface area contributed by atoms with Gasteiger partial charge in [0.15, 0.2) is 0 Å². The molecule has 1 atom stereocenters. The van der Waals surface area contributed by atoms with E-state index in [9.17, 15) is 0 Å². The SMILES string of the molecule is Cc1ccccc1CC(CCl)Cc1c(Br)c(C)nn1C. The number of benzene rings is 1. The average Bonchev–Trinajstić information content (AvgIpc) is 2.66. The van der Waals surface area contributed by atoms with Crippen LogP contribution in [0.15, 0.2) is 28.7 Å². The molecule has 4 heteroatoms. The lowest BCUT2D eigenvalue weighted by Gasteiger charge is -2.16. The maximum atomic E-state index is 6.19. The molecule has 1 unspecified atom stereocenters. The van der Waals surface area contributed by atoms with E-state index in [0.717, 1.165) is 23.0 Å². The monoisotopic (exact) mass is 354 g/mol. The molecule has 0 saturated carbocycles. The fourth-order valence-electron chi connectivity index (χ4n) is 2.51. The third kappa shape index (κ3) is 3.44. The summed E-state index contributed by atoms with van der Waals surface area (Å²) in [7, 11) is 1.99. The Hall–Kier alpha value is -0.800. The molecule has 1 heterocycles. The van der Waals surface area contributed by atoms with Gasteiger partial charge in [-0.3, -0.25) is 4.68 Å². The fraction of sp³-hybridized carbons (Fsp3) is 0.438. The highest BCUT2D eigenvalue weighted by atomic mass is 79.9. The first-order valence-electron chi connectivity index (χ1n) is 6.81. The Morgan fingerprint density at radius 1 is 1.25 bits per heavy atom. The van der Waals surface area contributed by atoms with E-state index in [2.05, 4.69) is 52.2 Å². The van der Waals surface area contributed by atoms with E-state index in [4.69, 9.17) is 11.6 Å². The lowest BCUT2D eigenvalue weighted by molar-refractivity contribution is 0.549. The van der Waals surface area contributed by atoms with E-state index < -0.39 is 0 Å². The largest absolute Gasteiger partial charge is 0.271 e. The van der Waals surface area contributed by atoms with Crippen LogP contribution >= 0.6 is 27.5 Å². The van der Waals surface area contributed by atoms with Crippen LogP contribution in [0, 0.1) is 19.8 Å². The van der Waals surface area contributed by atoms with Crippen LogP contribution in [-0.2, 0) is 19.9 Å². The zero-order chi connectivity index (χ0) is 14.7. The van der Waals surface area contributed by atoms with Gasteiger partial charge < -0.3 is 0 Å². The van der Waals surface area contributed by atoms with E-state index >= 15 is 0 Å². The highest BCUT2D eigenvalue weighted by molar-refractivity contribution is 9.10. The summed E-state index contributed by atoms with van der Waals surface area (Å²) in [5.74, 6) is 1.08. The zero-order valence-corrected chi connectivity index (χ0v) is 14.5. The quantitative estimate of drug-likeness (QED) is 0.725. The maximum absolute atomic E-state index is 6.19. The second-order valence-electron chi connectivity index (χ2n) is 5.32. The van der Waals surface area contributed by atoms with Crippen LogP contribution in [0.2, 0.25) is 0 Å². The van der Waals surface area contributed by atoms with Crippen LogP contribution in [0.5, 0.6) is 0 Å². The van der Waals surface area contributed by atoms with Crippen LogP contribution in [0.3, 0.4) is 0 Å². The number of aromatic nitrogens is 2. The van der Waals surface area contributed by atoms with Gasteiger partial charge in [0.2, 0.25) is 0 Å². The van der Waals surface area contributed by atoms with Crippen molar-refractivity contribution < 1.29 is 0 Å². The Bertz CT molecular complexity index is 592. The van der Waals surface area contributed by atoms with Crippen molar-refractivity contribution in [3.63, 3.8) is 0 Å². The van der Waals surface area contributed by atoms with Gasteiger partial charge in [0.1, 0.15) is 0 Å². The fourth-order valence-corrected chi connectivity index (χ4v) is 3.22. The second kappa shape index (κ2) is 6.77. The third-order valence-corrected chi connectivity index (χ3v) is 5.20. The maximum Gasteiger partial charge on any atom is 0.0738 e. The van der Waals surface area contributed by atoms with Gasteiger partial charge in [-0.1, -0.05) is 24.3 Å². The molecule has 0 bridgehead atoms. The molecule has 108 valence electrons. The molecule has 1 aromatic carbocycles. The molecule has 0 radical (unpaired) electrons. The molecule has 0 aliphatic carbocycles. The predicted molar refractivity (Wildman–Crippen MR) is 88.4 cm³/mol. The van der Waals surface area contributed by atoms with E-state index in [1.165, 1.54) is 16.8 Å². The topological polar surface area (TPSA) is 17.8 Å².